The first-order valence-corrected chi connectivity index (χ1v) is 13.0. The van der Waals surface area contributed by atoms with Crippen LogP contribution in [0.25, 0.3) is 0 Å². The summed E-state index contributed by atoms with van der Waals surface area (Å²) in [6.45, 7) is 3.02. The minimum absolute atomic E-state index is 0.0201. The van der Waals surface area contributed by atoms with Gasteiger partial charge in [0.25, 0.3) is 11.5 Å². The lowest BCUT2D eigenvalue weighted by Gasteiger charge is -2.42. The second-order valence-electron chi connectivity index (χ2n) is 9.20. The number of sulfonamides is 1. The van der Waals surface area contributed by atoms with Crippen LogP contribution in [0.5, 0.6) is 5.75 Å². The van der Waals surface area contributed by atoms with Gasteiger partial charge >= 0.3 is 0 Å². The second-order valence-corrected chi connectivity index (χ2v) is 11.1. The summed E-state index contributed by atoms with van der Waals surface area (Å²) in [6, 6.07) is 17.0. The lowest BCUT2D eigenvalue weighted by atomic mass is 9.84. The van der Waals surface area contributed by atoms with Crippen molar-refractivity contribution in [3.63, 3.8) is 0 Å². The van der Waals surface area contributed by atoms with E-state index in [2.05, 4.69) is 5.32 Å². The van der Waals surface area contributed by atoms with Crippen molar-refractivity contribution in [2.24, 2.45) is 5.92 Å². The number of hydrogen-bond acceptors (Lipinski definition) is 5. The van der Waals surface area contributed by atoms with Crippen molar-refractivity contribution in [3.05, 3.63) is 87.8 Å². The van der Waals surface area contributed by atoms with Crippen LogP contribution in [0.15, 0.2) is 70.4 Å². The zero-order valence-electron chi connectivity index (χ0n) is 19.6. The first-order chi connectivity index (χ1) is 16.8. The Hall–Kier alpha value is -3.43. The van der Waals surface area contributed by atoms with Crippen LogP contribution in [0.1, 0.15) is 34.0 Å². The number of anilines is 1. The van der Waals surface area contributed by atoms with Gasteiger partial charge in [0.1, 0.15) is 11.4 Å². The van der Waals surface area contributed by atoms with Crippen molar-refractivity contribution in [1.29, 1.82) is 0 Å². The summed E-state index contributed by atoms with van der Waals surface area (Å²) in [5.74, 6) is 0.200. The van der Waals surface area contributed by atoms with Gasteiger partial charge in [-0.3, -0.25) is 9.59 Å². The number of fused-ring (bicyclic) bond motifs is 4. The lowest BCUT2D eigenvalue weighted by Crippen LogP contribution is -2.49. The Morgan fingerprint density at radius 1 is 0.971 bits per heavy atom. The van der Waals surface area contributed by atoms with Gasteiger partial charge in [-0.05, 0) is 67.8 Å². The lowest BCUT2D eigenvalue weighted by molar-refractivity contribution is 0.102. The number of amides is 1. The molecule has 1 saturated heterocycles. The van der Waals surface area contributed by atoms with E-state index in [4.69, 9.17) is 4.74 Å². The van der Waals surface area contributed by atoms with E-state index in [-0.39, 0.29) is 33.9 Å². The third-order valence-electron chi connectivity index (χ3n) is 6.83. The minimum atomic E-state index is -3.61. The Morgan fingerprint density at radius 3 is 2.37 bits per heavy atom. The van der Waals surface area contributed by atoms with Crippen LogP contribution in [0.3, 0.4) is 0 Å². The molecular weight excluding hydrogens is 466 g/mol. The van der Waals surface area contributed by atoms with Gasteiger partial charge in [-0.2, -0.15) is 4.31 Å². The number of pyridine rings is 1. The number of rotatable bonds is 5. The van der Waals surface area contributed by atoms with Crippen molar-refractivity contribution in [1.82, 2.24) is 8.87 Å². The number of benzene rings is 2. The van der Waals surface area contributed by atoms with Gasteiger partial charge in [-0.25, -0.2) is 8.42 Å². The van der Waals surface area contributed by atoms with Crippen molar-refractivity contribution in [2.45, 2.75) is 30.7 Å². The van der Waals surface area contributed by atoms with E-state index < -0.39 is 10.0 Å². The van der Waals surface area contributed by atoms with E-state index in [0.717, 1.165) is 17.7 Å². The predicted molar refractivity (Wildman–Crippen MR) is 132 cm³/mol. The SMILES string of the molecule is COc1ccc(C(=O)Nc2ccc3n(c2=O)CC2CC3CN(S(=O)(=O)c3ccc(C)cc3)C2)cc1. The number of hydrogen-bond donors (Lipinski definition) is 1. The van der Waals surface area contributed by atoms with E-state index in [1.54, 1.807) is 70.6 Å². The monoisotopic (exact) mass is 493 g/mol. The third-order valence-corrected chi connectivity index (χ3v) is 8.68. The van der Waals surface area contributed by atoms with Gasteiger partial charge in [-0.1, -0.05) is 17.7 Å². The smallest absolute Gasteiger partial charge is 0.274 e. The molecule has 3 aromatic rings. The van der Waals surface area contributed by atoms with E-state index >= 15 is 0 Å². The fraction of sp³-hybridized carbons (Fsp3) is 0.308. The molecule has 2 aliphatic rings. The van der Waals surface area contributed by atoms with Crippen molar-refractivity contribution in [3.8, 4) is 5.75 Å². The molecular formula is C26H27N3O5S. The molecule has 2 bridgehead atoms. The molecule has 8 nitrogen and oxygen atoms in total. The first-order valence-electron chi connectivity index (χ1n) is 11.5. The summed E-state index contributed by atoms with van der Waals surface area (Å²) in [7, 11) is -2.06. The minimum Gasteiger partial charge on any atom is -0.497 e. The first kappa shape index (κ1) is 23.3. The Balaban J connectivity index is 1.38. The van der Waals surface area contributed by atoms with E-state index in [0.29, 0.717) is 30.9 Å². The zero-order chi connectivity index (χ0) is 24.7. The Kier molecular flexibility index (Phi) is 5.98. The van der Waals surface area contributed by atoms with Crippen molar-refractivity contribution in [2.75, 3.05) is 25.5 Å². The molecule has 2 atom stereocenters. The summed E-state index contributed by atoms with van der Waals surface area (Å²) in [5.41, 5.74) is 2.16. The maximum Gasteiger partial charge on any atom is 0.274 e. The fourth-order valence-corrected chi connectivity index (χ4v) is 6.55. The largest absolute Gasteiger partial charge is 0.497 e. The third kappa shape index (κ3) is 4.37. The number of carbonyl (C=O) groups is 1. The maximum atomic E-state index is 13.3. The normalized spacial score (nSPS) is 19.6. The molecule has 0 aliphatic carbocycles. The molecule has 3 heterocycles. The van der Waals surface area contributed by atoms with Crippen LogP contribution in [-0.2, 0) is 16.6 Å². The van der Waals surface area contributed by atoms with Gasteiger partial charge in [0, 0.05) is 36.8 Å². The molecule has 2 aromatic carbocycles. The quantitative estimate of drug-likeness (QED) is 0.589. The number of nitrogens with one attached hydrogen (secondary N) is 1. The van der Waals surface area contributed by atoms with Crippen LogP contribution in [0.4, 0.5) is 5.69 Å². The second kappa shape index (κ2) is 8.98. The van der Waals surface area contributed by atoms with Crippen LogP contribution in [0, 0.1) is 12.8 Å². The molecule has 0 saturated carbocycles. The molecule has 0 radical (unpaired) electrons. The summed E-state index contributed by atoms with van der Waals surface area (Å²) < 4.78 is 34.9. The number of aromatic nitrogens is 1. The zero-order valence-corrected chi connectivity index (χ0v) is 20.4. The van der Waals surface area contributed by atoms with Gasteiger partial charge in [0.2, 0.25) is 10.0 Å². The van der Waals surface area contributed by atoms with Gasteiger partial charge in [-0.15, -0.1) is 0 Å². The average molecular weight is 494 g/mol. The molecule has 9 heteroatoms. The maximum absolute atomic E-state index is 13.3. The molecule has 2 unspecified atom stereocenters. The highest BCUT2D eigenvalue weighted by molar-refractivity contribution is 7.89. The van der Waals surface area contributed by atoms with Crippen molar-refractivity contribution < 1.29 is 17.9 Å². The number of aryl methyl sites for hydroxylation is 1. The number of ether oxygens (including phenoxy) is 1. The molecule has 1 fully saturated rings. The van der Waals surface area contributed by atoms with Crippen LogP contribution in [-0.4, -0.2) is 43.4 Å². The molecule has 5 rings (SSSR count). The fourth-order valence-electron chi connectivity index (χ4n) is 4.99. The standard InChI is InChI=1S/C26H27N3O5S/c1-17-3-9-22(10-4-17)35(32,33)28-14-18-13-20(16-28)24-12-11-23(26(31)29(24)15-18)27-25(30)19-5-7-21(34-2)8-6-19/h3-12,18,20H,13-16H2,1-2H3,(H,27,30). The van der Waals surface area contributed by atoms with Crippen LogP contribution >= 0.6 is 0 Å². The summed E-state index contributed by atoms with van der Waals surface area (Å²) in [4.78, 5) is 26.2. The number of nitrogens with zero attached hydrogens (tertiary/aromatic N) is 2. The van der Waals surface area contributed by atoms with Crippen LogP contribution < -0.4 is 15.6 Å². The number of piperidine rings is 1. The molecule has 1 aromatic heterocycles. The van der Waals surface area contributed by atoms with Gasteiger partial charge in [0.05, 0.1) is 12.0 Å². The highest BCUT2D eigenvalue weighted by Crippen LogP contribution is 2.37. The Labute approximate surface area is 204 Å². The van der Waals surface area contributed by atoms with Crippen LogP contribution in [0.2, 0.25) is 0 Å². The van der Waals surface area contributed by atoms with E-state index in [1.165, 1.54) is 0 Å². The Morgan fingerprint density at radius 2 is 1.69 bits per heavy atom. The van der Waals surface area contributed by atoms with E-state index in [9.17, 15) is 18.0 Å². The molecule has 0 spiro atoms. The molecule has 1 N–H and O–H groups in total. The van der Waals surface area contributed by atoms with Crippen molar-refractivity contribution >= 4 is 21.6 Å². The Bertz CT molecular complexity index is 1430. The van der Waals surface area contributed by atoms with Gasteiger partial charge in [0.15, 0.2) is 0 Å². The molecule has 2 aliphatic heterocycles. The highest BCUT2D eigenvalue weighted by Gasteiger charge is 2.39. The molecule has 182 valence electrons. The highest BCUT2D eigenvalue weighted by atomic mass is 32.2. The number of methoxy groups -OCH3 is 1. The molecule has 1 amide bonds. The summed E-state index contributed by atoms with van der Waals surface area (Å²) in [5, 5.41) is 2.72. The summed E-state index contributed by atoms with van der Waals surface area (Å²) in [6.07, 6.45) is 0.830. The number of carbonyl (C=O) groups excluding carboxylic acids is 1. The van der Waals surface area contributed by atoms with E-state index in [1.807, 2.05) is 13.0 Å². The average Bonchev–Trinajstić information content (AvgIpc) is 2.86. The topological polar surface area (TPSA) is 97.7 Å². The van der Waals surface area contributed by atoms with Gasteiger partial charge < -0.3 is 14.6 Å². The predicted octanol–water partition coefficient (Wildman–Crippen LogP) is 3.23. The molecule has 35 heavy (non-hydrogen) atoms. The summed E-state index contributed by atoms with van der Waals surface area (Å²) >= 11 is 0.